The van der Waals surface area contributed by atoms with Crippen LogP contribution in [0.4, 0.5) is 0 Å². The number of hydrogen-bond acceptors (Lipinski definition) is 8. The van der Waals surface area contributed by atoms with Crippen molar-refractivity contribution in [3.63, 3.8) is 0 Å². The molecule has 0 radical (unpaired) electrons. The highest BCUT2D eigenvalue weighted by atomic mass is 32.2. The highest BCUT2D eigenvalue weighted by Crippen LogP contribution is 2.31. The van der Waals surface area contributed by atoms with E-state index in [1.165, 1.54) is 57.0 Å². The van der Waals surface area contributed by atoms with Crippen molar-refractivity contribution in [1.82, 2.24) is 4.31 Å². The first-order chi connectivity index (χ1) is 16.8. The summed E-state index contributed by atoms with van der Waals surface area (Å²) >= 11 is 0. The summed E-state index contributed by atoms with van der Waals surface area (Å²) in [7, 11) is 1.77. The van der Waals surface area contributed by atoms with E-state index in [2.05, 4.69) is 0 Å². The molecule has 0 spiro atoms. The van der Waals surface area contributed by atoms with Gasteiger partial charge in [0.1, 0.15) is 28.7 Å². The van der Waals surface area contributed by atoms with E-state index in [0.29, 0.717) is 39.7 Å². The van der Waals surface area contributed by atoms with Crippen LogP contribution in [0.2, 0.25) is 0 Å². The van der Waals surface area contributed by atoms with Crippen molar-refractivity contribution in [3.05, 3.63) is 77.4 Å². The molecule has 9 nitrogen and oxygen atoms in total. The molecule has 0 unspecified atom stereocenters. The molecule has 3 rings (SSSR count). The molecule has 0 heterocycles. The zero-order valence-corrected chi connectivity index (χ0v) is 20.7. The Morgan fingerprint density at radius 1 is 0.714 bits per heavy atom. The predicted octanol–water partition coefficient (Wildman–Crippen LogP) is 3.92. The smallest absolute Gasteiger partial charge is 0.385 e. The van der Waals surface area contributed by atoms with Gasteiger partial charge in [0, 0.05) is 36.3 Å². The Hall–Kier alpha value is -3.94. The van der Waals surface area contributed by atoms with Crippen molar-refractivity contribution >= 4 is 10.3 Å². The summed E-state index contributed by atoms with van der Waals surface area (Å²) in [6.07, 6.45) is 0. The molecule has 0 aliphatic carbocycles. The van der Waals surface area contributed by atoms with E-state index in [9.17, 15) is 8.42 Å². The molecule has 0 amide bonds. The van der Waals surface area contributed by atoms with Crippen LogP contribution in [0, 0.1) is 11.3 Å². The highest BCUT2D eigenvalue weighted by Gasteiger charge is 2.27. The van der Waals surface area contributed by atoms with Gasteiger partial charge in [-0.15, -0.1) is 0 Å². The summed E-state index contributed by atoms with van der Waals surface area (Å²) in [5, 5.41) is 8.99. The zero-order valence-electron chi connectivity index (χ0n) is 19.8. The van der Waals surface area contributed by atoms with Crippen molar-refractivity contribution in [2.75, 3.05) is 28.4 Å². The zero-order chi connectivity index (χ0) is 25.4. The third-order valence-electron chi connectivity index (χ3n) is 5.18. The minimum absolute atomic E-state index is 0.0546. The van der Waals surface area contributed by atoms with Gasteiger partial charge >= 0.3 is 10.3 Å². The molecular formula is C25H26N2O7S. The molecule has 10 heteroatoms. The number of nitrogens with zero attached hydrogens (tertiary/aromatic N) is 2. The number of benzene rings is 3. The molecule has 0 bridgehead atoms. The molecule has 0 aliphatic heterocycles. The summed E-state index contributed by atoms with van der Waals surface area (Å²) in [4.78, 5) is 0. The number of methoxy groups -OCH3 is 4. The lowest BCUT2D eigenvalue weighted by atomic mass is 10.1. The van der Waals surface area contributed by atoms with Crippen LogP contribution >= 0.6 is 0 Å². The van der Waals surface area contributed by atoms with Gasteiger partial charge in [-0.2, -0.15) is 18.0 Å². The van der Waals surface area contributed by atoms with Crippen molar-refractivity contribution in [2.45, 2.75) is 13.1 Å². The second kappa shape index (κ2) is 11.5. The quantitative estimate of drug-likeness (QED) is 0.392. The number of rotatable bonds is 11. The Morgan fingerprint density at radius 2 is 1.17 bits per heavy atom. The minimum atomic E-state index is -4.30. The maximum Gasteiger partial charge on any atom is 0.385 e. The molecule has 0 atom stereocenters. The van der Waals surface area contributed by atoms with Gasteiger partial charge in [0.25, 0.3) is 0 Å². The van der Waals surface area contributed by atoms with E-state index in [1.54, 1.807) is 36.4 Å². The van der Waals surface area contributed by atoms with Gasteiger partial charge in [0.15, 0.2) is 0 Å². The highest BCUT2D eigenvalue weighted by molar-refractivity contribution is 7.84. The molecule has 0 aromatic heterocycles. The van der Waals surface area contributed by atoms with Crippen LogP contribution in [0.3, 0.4) is 0 Å². The first-order valence-electron chi connectivity index (χ1n) is 10.4. The Balaban J connectivity index is 2.00. The monoisotopic (exact) mass is 498 g/mol. The van der Waals surface area contributed by atoms with Crippen LogP contribution in [0.15, 0.2) is 60.7 Å². The van der Waals surface area contributed by atoms with Gasteiger partial charge in [0.2, 0.25) is 0 Å². The SMILES string of the molecule is COc1ccc(CN(Cc2ccc(OC)cc2OC)S(=O)(=O)Oc2ccc(C#N)cc2)c(OC)c1. The van der Waals surface area contributed by atoms with Gasteiger partial charge in [-0.25, -0.2) is 0 Å². The maximum atomic E-state index is 13.4. The van der Waals surface area contributed by atoms with Gasteiger partial charge in [0.05, 0.1) is 40.1 Å². The Kier molecular flexibility index (Phi) is 8.41. The number of nitriles is 1. The van der Waals surface area contributed by atoms with Crippen LogP contribution < -0.4 is 23.1 Å². The first-order valence-corrected chi connectivity index (χ1v) is 11.8. The van der Waals surface area contributed by atoms with E-state index in [-0.39, 0.29) is 18.8 Å². The van der Waals surface area contributed by atoms with Crippen LogP contribution in [0.5, 0.6) is 28.7 Å². The van der Waals surface area contributed by atoms with Crippen LogP contribution in [-0.2, 0) is 23.4 Å². The lowest BCUT2D eigenvalue weighted by Crippen LogP contribution is -2.34. The molecule has 0 N–H and O–H groups in total. The standard InChI is InChI=1S/C25H26N2O7S/c1-30-22-11-7-19(24(13-22)32-3)16-27(17-20-8-12-23(31-2)14-25(20)33-4)35(28,29)34-21-9-5-18(15-26)6-10-21/h5-14H,16-17H2,1-4H3. The summed E-state index contributed by atoms with van der Waals surface area (Å²) in [6, 6.07) is 18.1. The van der Waals surface area contributed by atoms with Crippen molar-refractivity contribution < 1.29 is 31.5 Å². The third-order valence-corrected chi connectivity index (χ3v) is 6.48. The normalized spacial score (nSPS) is 11.0. The second-order valence-corrected chi connectivity index (χ2v) is 8.84. The summed E-state index contributed by atoms with van der Waals surface area (Å²) in [5.74, 6) is 2.16. The maximum absolute atomic E-state index is 13.4. The molecule has 35 heavy (non-hydrogen) atoms. The van der Waals surface area contributed by atoms with Crippen molar-refractivity contribution in [3.8, 4) is 34.8 Å². The summed E-state index contributed by atoms with van der Waals surface area (Å²) in [6.45, 7) is -0.109. The largest absolute Gasteiger partial charge is 0.497 e. The average molecular weight is 499 g/mol. The Labute approximate surface area is 205 Å². The fourth-order valence-electron chi connectivity index (χ4n) is 3.32. The molecule has 0 aliphatic rings. The van der Waals surface area contributed by atoms with E-state index >= 15 is 0 Å². The fourth-order valence-corrected chi connectivity index (χ4v) is 4.37. The van der Waals surface area contributed by atoms with Gasteiger partial charge in [-0.1, -0.05) is 12.1 Å². The van der Waals surface area contributed by atoms with Gasteiger partial charge in [-0.05, 0) is 36.4 Å². The molecular weight excluding hydrogens is 472 g/mol. The number of hydrogen-bond donors (Lipinski definition) is 0. The first kappa shape index (κ1) is 25.7. The predicted molar refractivity (Wildman–Crippen MR) is 129 cm³/mol. The third kappa shape index (κ3) is 6.35. The van der Waals surface area contributed by atoms with Gasteiger partial charge in [-0.3, -0.25) is 0 Å². The topological polar surface area (TPSA) is 107 Å². The Bertz CT molecular complexity index is 1240. The molecule has 0 saturated carbocycles. The van der Waals surface area contributed by atoms with Crippen molar-refractivity contribution in [1.29, 1.82) is 5.26 Å². The fraction of sp³-hybridized carbons (Fsp3) is 0.240. The lowest BCUT2D eigenvalue weighted by Gasteiger charge is -2.24. The van der Waals surface area contributed by atoms with E-state index in [0.717, 1.165) is 0 Å². The minimum Gasteiger partial charge on any atom is -0.497 e. The van der Waals surface area contributed by atoms with Gasteiger partial charge < -0.3 is 23.1 Å². The molecule has 184 valence electrons. The van der Waals surface area contributed by atoms with Crippen LogP contribution in [0.25, 0.3) is 0 Å². The van der Waals surface area contributed by atoms with E-state index in [1.807, 2.05) is 6.07 Å². The van der Waals surface area contributed by atoms with Crippen molar-refractivity contribution in [2.24, 2.45) is 0 Å². The van der Waals surface area contributed by atoms with E-state index < -0.39 is 10.3 Å². The molecule has 3 aromatic rings. The lowest BCUT2D eigenvalue weighted by molar-refractivity contribution is 0.329. The number of ether oxygens (including phenoxy) is 4. The molecule has 3 aromatic carbocycles. The average Bonchev–Trinajstić information content (AvgIpc) is 2.88. The molecule has 0 saturated heterocycles. The second-order valence-electron chi connectivity index (χ2n) is 7.30. The summed E-state index contributed by atoms with van der Waals surface area (Å²) in [5.41, 5.74) is 1.60. The van der Waals surface area contributed by atoms with E-state index in [4.69, 9.17) is 28.4 Å². The Morgan fingerprint density at radius 3 is 1.57 bits per heavy atom. The molecule has 0 fully saturated rings. The summed E-state index contributed by atoms with van der Waals surface area (Å²) < 4.78 is 54.8. The van der Waals surface area contributed by atoms with Crippen LogP contribution in [0.1, 0.15) is 16.7 Å². The van der Waals surface area contributed by atoms with Crippen LogP contribution in [-0.4, -0.2) is 41.2 Å².